The summed E-state index contributed by atoms with van der Waals surface area (Å²) in [4.78, 5) is 10.8. The molecule has 5 heteroatoms. The van der Waals surface area contributed by atoms with Gasteiger partial charge in [0.1, 0.15) is 0 Å². The maximum absolute atomic E-state index is 10.8. The second-order valence-corrected chi connectivity index (χ2v) is 5.74. The van der Waals surface area contributed by atoms with E-state index in [4.69, 9.17) is 17.3 Å². The first-order valence-electron chi connectivity index (χ1n) is 7.48. The molecular formula is C19H16N2O2S. The smallest absolute Gasteiger partial charge is 0.335 e. The normalized spacial score (nSPS) is 10.3. The highest BCUT2D eigenvalue weighted by molar-refractivity contribution is 7.80. The number of hydrogen-bond acceptors (Lipinski definition) is 2. The van der Waals surface area contributed by atoms with Crippen molar-refractivity contribution in [2.45, 2.75) is 6.54 Å². The molecule has 0 atom stereocenters. The summed E-state index contributed by atoms with van der Waals surface area (Å²) in [6.45, 7) is 0.524. The molecule has 3 aromatic carbocycles. The van der Waals surface area contributed by atoms with Gasteiger partial charge in [0.15, 0.2) is 5.11 Å². The van der Waals surface area contributed by atoms with Crippen molar-refractivity contribution in [2.75, 3.05) is 5.32 Å². The predicted molar refractivity (Wildman–Crippen MR) is 100 cm³/mol. The molecule has 0 bridgehead atoms. The van der Waals surface area contributed by atoms with Crippen molar-refractivity contribution >= 4 is 39.8 Å². The lowest BCUT2D eigenvalue weighted by Gasteiger charge is -2.12. The highest BCUT2D eigenvalue weighted by atomic mass is 32.1. The number of carboxylic acid groups (broad SMARTS) is 1. The zero-order chi connectivity index (χ0) is 16.9. The van der Waals surface area contributed by atoms with Gasteiger partial charge in [-0.2, -0.15) is 0 Å². The van der Waals surface area contributed by atoms with Crippen molar-refractivity contribution in [3.05, 3.63) is 77.9 Å². The van der Waals surface area contributed by atoms with E-state index >= 15 is 0 Å². The van der Waals surface area contributed by atoms with Crippen LogP contribution in [0.1, 0.15) is 15.9 Å². The van der Waals surface area contributed by atoms with E-state index in [-0.39, 0.29) is 5.56 Å². The van der Waals surface area contributed by atoms with E-state index < -0.39 is 5.97 Å². The van der Waals surface area contributed by atoms with Crippen LogP contribution < -0.4 is 10.6 Å². The maximum Gasteiger partial charge on any atom is 0.335 e. The number of hydrogen-bond donors (Lipinski definition) is 3. The lowest BCUT2D eigenvalue weighted by Crippen LogP contribution is -2.27. The fraction of sp³-hybridized carbons (Fsp3) is 0.0526. The quantitative estimate of drug-likeness (QED) is 0.628. The van der Waals surface area contributed by atoms with Gasteiger partial charge in [0.25, 0.3) is 0 Å². The largest absolute Gasteiger partial charge is 0.478 e. The molecular weight excluding hydrogens is 320 g/mol. The Labute approximate surface area is 145 Å². The van der Waals surface area contributed by atoms with E-state index in [0.29, 0.717) is 11.7 Å². The first kappa shape index (κ1) is 16.0. The molecule has 0 aromatic heterocycles. The molecule has 0 heterocycles. The molecule has 0 aliphatic carbocycles. The Morgan fingerprint density at radius 2 is 1.67 bits per heavy atom. The van der Waals surface area contributed by atoms with Crippen LogP contribution in [0.25, 0.3) is 10.8 Å². The van der Waals surface area contributed by atoms with Crippen LogP contribution in [-0.4, -0.2) is 16.2 Å². The van der Waals surface area contributed by atoms with Gasteiger partial charge in [0, 0.05) is 17.6 Å². The van der Waals surface area contributed by atoms with Crippen molar-refractivity contribution in [3.8, 4) is 0 Å². The van der Waals surface area contributed by atoms with Crippen molar-refractivity contribution < 1.29 is 9.90 Å². The Balaban J connectivity index is 1.64. The molecule has 0 fully saturated rings. The fourth-order valence-corrected chi connectivity index (χ4v) is 2.63. The SMILES string of the molecule is O=C(O)c1ccc(CNC(=S)Nc2cccc3ccccc23)cc1. The van der Waals surface area contributed by atoms with Crippen molar-refractivity contribution in [2.24, 2.45) is 0 Å². The van der Waals surface area contributed by atoms with Crippen LogP contribution >= 0.6 is 12.2 Å². The van der Waals surface area contributed by atoms with E-state index in [1.165, 1.54) is 0 Å². The van der Waals surface area contributed by atoms with Gasteiger partial charge >= 0.3 is 5.97 Å². The number of rotatable bonds is 4. The molecule has 0 aliphatic rings. The molecule has 3 N–H and O–H groups in total. The Kier molecular flexibility index (Phi) is 4.72. The minimum absolute atomic E-state index is 0.273. The van der Waals surface area contributed by atoms with E-state index in [9.17, 15) is 4.79 Å². The zero-order valence-electron chi connectivity index (χ0n) is 12.8. The third kappa shape index (κ3) is 3.70. The summed E-state index contributed by atoms with van der Waals surface area (Å²) in [5, 5.41) is 18.0. The first-order valence-corrected chi connectivity index (χ1v) is 7.89. The number of nitrogens with one attached hydrogen (secondary N) is 2. The average Bonchev–Trinajstić information content (AvgIpc) is 2.61. The Morgan fingerprint density at radius 1 is 0.958 bits per heavy atom. The average molecular weight is 336 g/mol. The Hall–Kier alpha value is -2.92. The number of aromatic carboxylic acids is 1. The number of benzene rings is 3. The van der Waals surface area contributed by atoms with Gasteiger partial charge in [-0.25, -0.2) is 4.79 Å². The minimum atomic E-state index is -0.928. The van der Waals surface area contributed by atoms with Crippen molar-refractivity contribution in [3.63, 3.8) is 0 Å². The molecule has 0 saturated carbocycles. The van der Waals surface area contributed by atoms with Gasteiger partial charge < -0.3 is 15.7 Å². The van der Waals surface area contributed by atoms with Crippen LogP contribution in [0.4, 0.5) is 5.69 Å². The molecule has 0 spiro atoms. The molecule has 4 nitrogen and oxygen atoms in total. The summed E-state index contributed by atoms with van der Waals surface area (Å²) in [6.07, 6.45) is 0. The third-order valence-corrected chi connectivity index (χ3v) is 3.94. The summed E-state index contributed by atoms with van der Waals surface area (Å²) in [6, 6.07) is 20.8. The van der Waals surface area contributed by atoms with Crippen molar-refractivity contribution in [1.29, 1.82) is 0 Å². The summed E-state index contributed by atoms with van der Waals surface area (Å²) < 4.78 is 0. The topological polar surface area (TPSA) is 61.4 Å². The third-order valence-electron chi connectivity index (χ3n) is 3.69. The molecule has 24 heavy (non-hydrogen) atoms. The Bertz CT molecular complexity index is 886. The van der Waals surface area contributed by atoms with Crippen LogP contribution in [0.3, 0.4) is 0 Å². The Morgan fingerprint density at radius 3 is 2.42 bits per heavy atom. The second-order valence-electron chi connectivity index (χ2n) is 5.34. The molecule has 120 valence electrons. The summed E-state index contributed by atoms with van der Waals surface area (Å²) in [5.74, 6) is -0.928. The molecule has 0 aliphatic heterocycles. The fourth-order valence-electron chi connectivity index (χ4n) is 2.45. The maximum atomic E-state index is 10.8. The van der Waals surface area contributed by atoms with Crippen LogP contribution in [0.15, 0.2) is 66.7 Å². The predicted octanol–water partition coefficient (Wildman–Crippen LogP) is 4.02. The van der Waals surface area contributed by atoms with E-state index in [1.807, 2.05) is 30.3 Å². The molecule has 0 saturated heterocycles. The van der Waals surface area contributed by atoms with Crippen molar-refractivity contribution in [1.82, 2.24) is 5.32 Å². The minimum Gasteiger partial charge on any atom is -0.478 e. The molecule has 3 rings (SSSR count). The first-order chi connectivity index (χ1) is 11.6. The summed E-state index contributed by atoms with van der Waals surface area (Å²) >= 11 is 5.35. The van der Waals surface area contributed by atoms with Gasteiger partial charge in [-0.15, -0.1) is 0 Å². The number of fused-ring (bicyclic) bond motifs is 1. The second kappa shape index (κ2) is 7.10. The van der Waals surface area contributed by atoms with Crippen LogP contribution in [0, 0.1) is 0 Å². The van der Waals surface area contributed by atoms with Gasteiger partial charge in [-0.05, 0) is 41.4 Å². The number of anilines is 1. The van der Waals surface area contributed by atoms with Crippen LogP contribution in [-0.2, 0) is 6.54 Å². The molecule has 0 unspecified atom stereocenters. The highest BCUT2D eigenvalue weighted by Crippen LogP contribution is 2.22. The van der Waals surface area contributed by atoms with Gasteiger partial charge in [-0.1, -0.05) is 48.5 Å². The molecule has 0 amide bonds. The van der Waals surface area contributed by atoms with Gasteiger partial charge in [0.05, 0.1) is 5.56 Å². The van der Waals surface area contributed by atoms with E-state index in [1.54, 1.807) is 24.3 Å². The lowest BCUT2D eigenvalue weighted by atomic mass is 10.1. The van der Waals surface area contributed by atoms with Gasteiger partial charge in [0.2, 0.25) is 0 Å². The van der Waals surface area contributed by atoms with E-state index in [0.717, 1.165) is 22.0 Å². The lowest BCUT2D eigenvalue weighted by molar-refractivity contribution is 0.0697. The summed E-state index contributed by atoms with van der Waals surface area (Å²) in [5.41, 5.74) is 2.18. The van der Waals surface area contributed by atoms with Crippen LogP contribution in [0.2, 0.25) is 0 Å². The monoisotopic (exact) mass is 336 g/mol. The summed E-state index contributed by atoms with van der Waals surface area (Å²) in [7, 11) is 0. The number of thiocarbonyl (C=S) groups is 1. The number of carbonyl (C=O) groups is 1. The number of carboxylic acids is 1. The van der Waals surface area contributed by atoms with Gasteiger partial charge in [-0.3, -0.25) is 0 Å². The van der Waals surface area contributed by atoms with Crippen LogP contribution in [0.5, 0.6) is 0 Å². The molecule has 0 radical (unpaired) electrons. The highest BCUT2D eigenvalue weighted by Gasteiger charge is 2.04. The molecule has 3 aromatic rings. The van der Waals surface area contributed by atoms with E-state index in [2.05, 4.69) is 22.8 Å². The standard InChI is InChI=1S/C19H16N2O2S/c22-18(23)15-10-8-13(9-11-15)12-20-19(24)21-17-7-3-5-14-4-1-2-6-16(14)17/h1-11H,12H2,(H,22,23)(H2,20,21,24). The zero-order valence-corrected chi connectivity index (χ0v) is 13.6.